The molecule has 2 rings (SSSR count). The van der Waals surface area contributed by atoms with E-state index in [2.05, 4.69) is 20.4 Å². The first-order valence-electron chi connectivity index (χ1n) is 6.20. The van der Waals surface area contributed by atoms with E-state index in [1.54, 1.807) is 0 Å². The molecule has 0 fully saturated rings. The van der Waals surface area contributed by atoms with E-state index >= 15 is 0 Å². The van der Waals surface area contributed by atoms with Crippen LogP contribution in [-0.2, 0) is 6.42 Å². The van der Waals surface area contributed by atoms with Crippen molar-refractivity contribution >= 4 is 0 Å². The minimum atomic E-state index is 0.775. The van der Waals surface area contributed by atoms with Crippen LogP contribution in [0.25, 0.3) is 5.82 Å². The summed E-state index contributed by atoms with van der Waals surface area (Å²) in [6.07, 6.45) is 6.09. The second-order valence-corrected chi connectivity index (χ2v) is 4.41. The van der Waals surface area contributed by atoms with E-state index in [-0.39, 0.29) is 0 Å². The molecule has 2 aromatic rings. The van der Waals surface area contributed by atoms with Gasteiger partial charge in [-0.25, -0.2) is 14.6 Å². The van der Waals surface area contributed by atoms with Gasteiger partial charge in [-0.1, -0.05) is 0 Å². The number of aromatic nitrogens is 4. The van der Waals surface area contributed by atoms with Crippen molar-refractivity contribution < 1.29 is 0 Å². The summed E-state index contributed by atoms with van der Waals surface area (Å²) in [6, 6.07) is 1.94. The third-order valence-corrected chi connectivity index (χ3v) is 2.72. The Hall–Kier alpha value is -1.75. The van der Waals surface area contributed by atoms with Gasteiger partial charge in [0, 0.05) is 18.0 Å². The summed E-state index contributed by atoms with van der Waals surface area (Å²) in [5.74, 6) is 1.61. The van der Waals surface area contributed by atoms with Crippen LogP contribution in [0.4, 0.5) is 0 Å². The fourth-order valence-electron chi connectivity index (χ4n) is 1.90. The molecule has 0 saturated carbocycles. The van der Waals surface area contributed by atoms with Crippen molar-refractivity contribution in [3.63, 3.8) is 0 Å². The number of hydrogen-bond acceptors (Lipinski definition) is 4. The normalized spacial score (nSPS) is 10.8. The lowest BCUT2D eigenvalue weighted by molar-refractivity contribution is 0.724. The summed E-state index contributed by atoms with van der Waals surface area (Å²) in [6.45, 7) is 4.89. The third-order valence-electron chi connectivity index (χ3n) is 2.72. The van der Waals surface area contributed by atoms with Crippen LogP contribution in [0.1, 0.15) is 23.5 Å². The summed E-state index contributed by atoms with van der Waals surface area (Å²) >= 11 is 0. The Morgan fingerprint density at radius 1 is 1.28 bits per heavy atom. The molecule has 18 heavy (non-hydrogen) atoms. The minimum absolute atomic E-state index is 0.775. The lowest BCUT2D eigenvalue weighted by Gasteiger charge is -2.02. The monoisotopic (exact) mass is 245 g/mol. The predicted octanol–water partition coefficient (Wildman–Crippen LogP) is 1.43. The van der Waals surface area contributed by atoms with Crippen LogP contribution in [0.15, 0.2) is 18.5 Å². The average molecular weight is 245 g/mol. The molecule has 0 bridgehead atoms. The van der Waals surface area contributed by atoms with Crippen molar-refractivity contribution in [2.45, 2.75) is 26.7 Å². The lowest BCUT2D eigenvalue weighted by atomic mass is 10.2. The molecule has 0 spiro atoms. The van der Waals surface area contributed by atoms with Gasteiger partial charge in [0.1, 0.15) is 5.82 Å². The molecule has 0 aromatic carbocycles. The Labute approximate surface area is 107 Å². The first-order valence-corrected chi connectivity index (χ1v) is 6.20. The van der Waals surface area contributed by atoms with E-state index in [0.29, 0.717) is 0 Å². The molecule has 5 nitrogen and oxygen atoms in total. The molecular formula is C13H19N5. The Morgan fingerprint density at radius 2 is 2.11 bits per heavy atom. The number of hydrogen-bond donors (Lipinski definition) is 1. The summed E-state index contributed by atoms with van der Waals surface area (Å²) in [4.78, 5) is 8.66. The van der Waals surface area contributed by atoms with Crippen molar-refractivity contribution in [1.29, 1.82) is 0 Å². The summed E-state index contributed by atoms with van der Waals surface area (Å²) in [5, 5.41) is 7.50. The summed E-state index contributed by atoms with van der Waals surface area (Å²) < 4.78 is 1.82. The molecule has 0 amide bonds. The van der Waals surface area contributed by atoms with Gasteiger partial charge >= 0.3 is 0 Å². The van der Waals surface area contributed by atoms with Crippen LogP contribution < -0.4 is 5.32 Å². The first kappa shape index (κ1) is 12.7. The molecule has 0 unspecified atom stereocenters. The van der Waals surface area contributed by atoms with Gasteiger partial charge in [-0.2, -0.15) is 5.10 Å². The molecule has 2 heterocycles. The molecular weight excluding hydrogens is 226 g/mol. The molecule has 0 radical (unpaired) electrons. The van der Waals surface area contributed by atoms with Crippen LogP contribution >= 0.6 is 0 Å². The van der Waals surface area contributed by atoms with Crippen LogP contribution in [0.5, 0.6) is 0 Å². The highest BCUT2D eigenvalue weighted by Crippen LogP contribution is 2.08. The van der Waals surface area contributed by atoms with Crippen LogP contribution in [0, 0.1) is 13.8 Å². The molecule has 0 atom stereocenters. The highest BCUT2D eigenvalue weighted by atomic mass is 15.3. The Kier molecular flexibility index (Phi) is 4.04. The van der Waals surface area contributed by atoms with Crippen LogP contribution in [-0.4, -0.2) is 33.3 Å². The van der Waals surface area contributed by atoms with Crippen molar-refractivity contribution in [3.8, 4) is 5.82 Å². The molecule has 0 saturated heterocycles. The minimum Gasteiger partial charge on any atom is -0.320 e. The second-order valence-electron chi connectivity index (χ2n) is 4.41. The fraction of sp³-hybridized carbons (Fsp3) is 0.462. The van der Waals surface area contributed by atoms with Crippen molar-refractivity contribution in [2.75, 3.05) is 13.6 Å². The molecule has 2 aromatic heterocycles. The molecule has 0 aliphatic heterocycles. The van der Waals surface area contributed by atoms with E-state index < -0.39 is 0 Å². The fourth-order valence-corrected chi connectivity index (χ4v) is 1.90. The van der Waals surface area contributed by atoms with Crippen LogP contribution in [0.2, 0.25) is 0 Å². The highest BCUT2D eigenvalue weighted by Gasteiger charge is 2.04. The number of rotatable bonds is 5. The van der Waals surface area contributed by atoms with Gasteiger partial charge < -0.3 is 5.32 Å². The number of nitrogens with one attached hydrogen (secondary N) is 1. The van der Waals surface area contributed by atoms with Gasteiger partial charge in [-0.3, -0.25) is 0 Å². The zero-order chi connectivity index (χ0) is 13.0. The van der Waals surface area contributed by atoms with Crippen molar-refractivity contribution in [2.24, 2.45) is 0 Å². The lowest BCUT2D eigenvalue weighted by Crippen LogP contribution is -2.08. The number of nitrogens with zero attached hydrogens (tertiary/aromatic N) is 4. The quantitative estimate of drug-likeness (QED) is 0.810. The van der Waals surface area contributed by atoms with E-state index in [1.165, 1.54) is 5.56 Å². The molecule has 96 valence electrons. The molecule has 0 aliphatic carbocycles. The van der Waals surface area contributed by atoms with E-state index in [0.717, 1.165) is 36.7 Å². The highest BCUT2D eigenvalue weighted by molar-refractivity contribution is 5.25. The van der Waals surface area contributed by atoms with E-state index in [1.807, 2.05) is 44.0 Å². The van der Waals surface area contributed by atoms with Crippen molar-refractivity contribution in [1.82, 2.24) is 25.1 Å². The molecule has 1 N–H and O–H groups in total. The topological polar surface area (TPSA) is 55.6 Å². The van der Waals surface area contributed by atoms with E-state index in [4.69, 9.17) is 0 Å². The number of aryl methyl sites for hydroxylation is 3. The third kappa shape index (κ3) is 3.13. The summed E-state index contributed by atoms with van der Waals surface area (Å²) in [5.41, 5.74) is 2.20. The maximum atomic E-state index is 4.39. The second kappa shape index (κ2) is 5.73. The van der Waals surface area contributed by atoms with Gasteiger partial charge in [-0.15, -0.1) is 0 Å². The van der Waals surface area contributed by atoms with Gasteiger partial charge in [0.25, 0.3) is 0 Å². The first-order chi connectivity index (χ1) is 8.69. The van der Waals surface area contributed by atoms with Gasteiger partial charge in [0.15, 0.2) is 5.82 Å². The van der Waals surface area contributed by atoms with Gasteiger partial charge in [-0.05, 0) is 45.8 Å². The average Bonchev–Trinajstić information content (AvgIpc) is 2.77. The SMILES string of the molecule is CNCCCc1cnn(-c2cc(C)nc(C)n2)c1. The summed E-state index contributed by atoms with van der Waals surface area (Å²) in [7, 11) is 1.97. The molecule has 0 aliphatic rings. The Morgan fingerprint density at radius 3 is 2.83 bits per heavy atom. The maximum Gasteiger partial charge on any atom is 0.157 e. The smallest absolute Gasteiger partial charge is 0.157 e. The Balaban J connectivity index is 2.13. The van der Waals surface area contributed by atoms with Crippen molar-refractivity contribution in [3.05, 3.63) is 35.5 Å². The van der Waals surface area contributed by atoms with Gasteiger partial charge in [0.05, 0.1) is 6.20 Å². The zero-order valence-electron chi connectivity index (χ0n) is 11.1. The standard InChI is InChI=1S/C13H19N5/c1-10-7-13(17-11(2)16-10)18-9-12(8-15-18)5-4-6-14-3/h7-9,14H,4-6H2,1-3H3. The van der Waals surface area contributed by atoms with Crippen LogP contribution in [0.3, 0.4) is 0 Å². The maximum absolute atomic E-state index is 4.39. The zero-order valence-corrected chi connectivity index (χ0v) is 11.1. The Bertz CT molecular complexity index is 498. The van der Waals surface area contributed by atoms with E-state index in [9.17, 15) is 0 Å². The molecule has 5 heteroatoms. The predicted molar refractivity (Wildman–Crippen MR) is 70.9 cm³/mol. The van der Waals surface area contributed by atoms with Gasteiger partial charge in [0.2, 0.25) is 0 Å². The largest absolute Gasteiger partial charge is 0.320 e.